The first-order valence-corrected chi connectivity index (χ1v) is 10.2. The molecule has 2 aromatic carbocycles. The molecule has 7 nitrogen and oxygen atoms in total. The first-order valence-electron chi connectivity index (χ1n) is 10.2. The lowest BCUT2D eigenvalue weighted by Gasteiger charge is -2.46. The van der Waals surface area contributed by atoms with Crippen LogP contribution in [0.5, 0.6) is 0 Å². The number of rotatable bonds is 5. The summed E-state index contributed by atoms with van der Waals surface area (Å²) in [6.07, 6.45) is 3.91. The van der Waals surface area contributed by atoms with Crippen molar-refractivity contribution >= 4 is 29.1 Å². The number of nitrogens with zero attached hydrogens (tertiary/aromatic N) is 3. The SMILES string of the molecule is CC1=CC(C)(C)N(C(C)C)c2cc(C)c(/C=N\NC(=O)c3ccc([N+](=O)[O-])cc3)cc21. The monoisotopic (exact) mass is 420 g/mol. The number of hydrogen-bond acceptors (Lipinski definition) is 5. The molecule has 0 unspecified atom stereocenters. The number of nitrogens with one attached hydrogen (secondary N) is 1. The van der Waals surface area contributed by atoms with Crippen LogP contribution in [-0.2, 0) is 0 Å². The average Bonchev–Trinajstić information content (AvgIpc) is 2.67. The molecule has 2 aromatic rings. The third kappa shape index (κ3) is 4.50. The molecule has 7 heteroatoms. The molecule has 0 saturated carbocycles. The second kappa shape index (κ2) is 8.34. The van der Waals surface area contributed by atoms with Crippen molar-refractivity contribution in [2.45, 2.75) is 53.1 Å². The lowest BCUT2D eigenvalue weighted by molar-refractivity contribution is -0.384. The van der Waals surface area contributed by atoms with Gasteiger partial charge in [-0.15, -0.1) is 0 Å². The molecule has 0 spiro atoms. The minimum absolute atomic E-state index is 0.0632. The van der Waals surface area contributed by atoms with Crippen LogP contribution < -0.4 is 10.3 Å². The van der Waals surface area contributed by atoms with Crippen molar-refractivity contribution in [2.75, 3.05) is 4.90 Å². The maximum Gasteiger partial charge on any atom is 0.271 e. The fraction of sp³-hybridized carbons (Fsp3) is 0.333. The summed E-state index contributed by atoms with van der Waals surface area (Å²) in [4.78, 5) is 24.9. The molecule has 1 heterocycles. The van der Waals surface area contributed by atoms with Crippen molar-refractivity contribution in [1.82, 2.24) is 5.43 Å². The van der Waals surface area contributed by atoms with Gasteiger partial charge in [0.15, 0.2) is 0 Å². The molecular formula is C24H28N4O3. The van der Waals surface area contributed by atoms with Gasteiger partial charge in [0.05, 0.1) is 16.7 Å². The van der Waals surface area contributed by atoms with Crippen molar-refractivity contribution in [1.29, 1.82) is 0 Å². The summed E-state index contributed by atoms with van der Waals surface area (Å²) in [7, 11) is 0. The van der Waals surface area contributed by atoms with E-state index in [0.29, 0.717) is 11.6 Å². The molecule has 31 heavy (non-hydrogen) atoms. The molecule has 0 radical (unpaired) electrons. The highest BCUT2D eigenvalue weighted by atomic mass is 16.6. The number of fused-ring (bicyclic) bond motifs is 1. The molecule has 1 amide bonds. The predicted octanol–water partition coefficient (Wildman–Crippen LogP) is 5.08. The molecule has 0 bridgehead atoms. The predicted molar refractivity (Wildman–Crippen MR) is 125 cm³/mol. The molecule has 0 saturated heterocycles. The summed E-state index contributed by atoms with van der Waals surface area (Å²) >= 11 is 0. The van der Waals surface area contributed by atoms with E-state index in [4.69, 9.17) is 0 Å². The molecule has 1 N–H and O–H groups in total. The fourth-order valence-corrected chi connectivity index (χ4v) is 4.25. The van der Waals surface area contributed by atoms with E-state index >= 15 is 0 Å². The van der Waals surface area contributed by atoms with Crippen LogP contribution in [0.25, 0.3) is 5.57 Å². The van der Waals surface area contributed by atoms with Gasteiger partial charge in [-0.1, -0.05) is 6.08 Å². The van der Waals surface area contributed by atoms with E-state index in [9.17, 15) is 14.9 Å². The van der Waals surface area contributed by atoms with E-state index < -0.39 is 10.8 Å². The molecule has 0 aromatic heterocycles. The van der Waals surface area contributed by atoms with Crippen LogP contribution in [0.3, 0.4) is 0 Å². The maximum atomic E-state index is 12.3. The Balaban J connectivity index is 1.83. The van der Waals surface area contributed by atoms with E-state index in [2.05, 4.69) is 68.3 Å². The number of allylic oxidation sites excluding steroid dienone is 1. The van der Waals surface area contributed by atoms with E-state index in [-0.39, 0.29) is 11.2 Å². The second-order valence-electron chi connectivity index (χ2n) is 8.67. The summed E-state index contributed by atoms with van der Waals surface area (Å²) < 4.78 is 0. The number of hydrogen-bond donors (Lipinski definition) is 1. The Hall–Kier alpha value is -3.48. The number of carbonyl (C=O) groups is 1. The summed E-state index contributed by atoms with van der Waals surface area (Å²) in [6, 6.07) is 10.0. The third-order valence-electron chi connectivity index (χ3n) is 5.49. The molecule has 1 aliphatic rings. The Bertz CT molecular complexity index is 1080. The lowest BCUT2D eigenvalue weighted by atomic mass is 9.86. The fourth-order valence-electron chi connectivity index (χ4n) is 4.25. The van der Waals surface area contributed by atoms with E-state index in [1.165, 1.54) is 35.5 Å². The molecule has 1 aliphatic heterocycles. The summed E-state index contributed by atoms with van der Waals surface area (Å²) in [5.74, 6) is -0.425. The standard InChI is InChI=1S/C24H28N4O3/c1-15(2)27-22-11-16(3)19(12-21(22)17(4)13-24(27,5)6)14-25-26-23(29)18-7-9-20(10-8-18)28(30)31/h7-15H,1-6H3,(H,26,29)/b25-14-. The molecule has 0 atom stereocenters. The largest absolute Gasteiger partial charge is 0.360 e. The Labute approximate surface area is 182 Å². The molecule has 0 aliphatic carbocycles. The highest BCUT2D eigenvalue weighted by Gasteiger charge is 2.33. The number of carbonyl (C=O) groups excluding carboxylic acids is 1. The average molecular weight is 421 g/mol. The zero-order chi connectivity index (χ0) is 22.9. The van der Waals surface area contributed by atoms with Gasteiger partial charge in [0.25, 0.3) is 11.6 Å². The van der Waals surface area contributed by atoms with Crippen molar-refractivity contribution < 1.29 is 9.72 Å². The Kier molecular flexibility index (Phi) is 5.97. The molecule has 0 fully saturated rings. The number of nitro benzene ring substituents is 1. The summed E-state index contributed by atoms with van der Waals surface area (Å²) in [5.41, 5.74) is 8.19. The zero-order valence-electron chi connectivity index (χ0n) is 18.8. The Morgan fingerprint density at radius 3 is 2.42 bits per heavy atom. The lowest BCUT2D eigenvalue weighted by Crippen LogP contribution is -2.49. The highest BCUT2D eigenvalue weighted by Crippen LogP contribution is 2.41. The third-order valence-corrected chi connectivity index (χ3v) is 5.49. The van der Waals surface area contributed by atoms with Gasteiger partial charge >= 0.3 is 0 Å². The molecule has 162 valence electrons. The van der Waals surface area contributed by atoms with E-state index in [0.717, 1.165) is 16.7 Å². The van der Waals surface area contributed by atoms with Crippen LogP contribution in [0.4, 0.5) is 11.4 Å². The Morgan fingerprint density at radius 1 is 1.19 bits per heavy atom. The van der Waals surface area contributed by atoms with Crippen molar-refractivity contribution in [3.63, 3.8) is 0 Å². The smallest absolute Gasteiger partial charge is 0.271 e. The number of non-ortho nitro benzene ring substituents is 1. The second-order valence-corrected chi connectivity index (χ2v) is 8.67. The van der Waals surface area contributed by atoms with Gasteiger partial charge in [0.2, 0.25) is 0 Å². The number of amides is 1. The number of nitro groups is 1. The first kappa shape index (κ1) is 22.2. The van der Waals surface area contributed by atoms with Crippen LogP contribution in [0.2, 0.25) is 0 Å². The van der Waals surface area contributed by atoms with Crippen molar-refractivity contribution in [3.8, 4) is 0 Å². The van der Waals surface area contributed by atoms with Gasteiger partial charge in [-0.2, -0.15) is 5.10 Å². The highest BCUT2D eigenvalue weighted by molar-refractivity contribution is 5.95. The minimum atomic E-state index is -0.503. The number of anilines is 1. The van der Waals surface area contributed by atoms with Crippen LogP contribution in [0, 0.1) is 17.0 Å². The van der Waals surface area contributed by atoms with E-state index in [1.807, 2.05) is 6.92 Å². The van der Waals surface area contributed by atoms with Crippen LogP contribution in [0.15, 0.2) is 47.6 Å². The van der Waals surface area contributed by atoms with Gasteiger partial charge in [0.1, 0.15) is 0 Å². The van der Waals surface area contributed by atoms with Gasteiger partial charge in [-0.3, -0.25) is 14.9 Å². The maximum absolute atomic E-state index is 12.3. The number of benzene rings is 2. The first-order chi connectivity index (χ1) is 14.5. The van der Waals surface area contributed by atoms with Gasteiger partial charge in [0, 0.05) is 35.0 Å². The zero-order valence-corrected chi connectivity index (χ0v) is 18.8. The summed E-state index contributed by atoms with van der Waals surface area (Å²) in [5, 5.41) is 14.8. The number of aryl methyl sites for hydroxylation is 1. The summed E-state index contributed by atoms with van der Waals surface area (Å²) in [6.45, 7) is 13.0. The normalized spacial score (nSPS) is 15.1. The van der Waals surface area contributed by atoms with Crippen LogP contribution in [-0.4, -0.2) is 28.6 Å². The Morgan fingerprint density at radius 2 is 1.84 bits per heavy atom. The van der Waals surface area contributed by atoms with Gasteiger partial charge in [-0.25, -0.2) is 5.43 Å². The van der Waals surface area contributed by atoms with Crippen molar-refractivity contribution in [3.05, 3.63) is 74.8 Å². The van der Waals surface area contributed by atoms with Gasteiger partial charge in [-0.05, 0) is 82.5 Å². The number of hydrazone groups is 1. The molecular weight excluding hydrogens is 392 g/mol. The quantitative estimate of drug-likeness (QED) is 0.415. The van der Waals surface area contributed by atoms with E-state index in [1.54, 1.807) is 6.21 Å². The molecule has 3 rings (SSSR count). The van der Waals surface area contributed by atoms with Crippen LogP contribution >= 0.6 is 0 Å². The van der Waals surface area contributed by atoms with Gasteiger partial charge < -0.3 is 4.90 Å². The minimum Gasteiger partial charge on any atom is -0.360 e. The topological polar surface area (TPSA) is 87.8 Å². The van der Waals surface area contributed by atoms with Crippen molar-refractivity contribution in [2.24, 2.45) is 5.10 Å². The van der Waals surface area contributed by atoms with Crippen LogP contribution in [0.1, 0.15) is 61.7 Å².